The Kier molecular flexibility index (Phi) is 7.50. The number of halogens is 2. The molecule has 28 heavy (non-hydrogen) atoms. The SMILES string of the molecule is O=C(NC[C@@H](O)CN1CCC(Oc2ccc(Cl)c(Cl)c2)CC1)c1cccnc1. The summed E-state index contributed by atoms with van der Waals surface area (Å²) in [4.78, 5) is 18.1. The van der Waals surface area contributed by atoms with Gasteiger partial charge in [-0.2, -0.15) is 0 Å². The van der Waals surface area contributed by atoms with Crippen molar-refractivity contribution in [3.8, 4) is 5.75 Å². The van der Waals surface area contributed by atoms with Crippen LogP contribution < -0.4 is 10.1 Å². The second-order valence-corrected chi connectivity index (χ2v) is 7.61. The lowest BCUT2D eigenvalue weighted by atomic mass is 10.1. The Bertz CT molecular complexity index is 784. The summed E-state index contributed by atoms with van der Waals surface area (Å²) in [6.45, 7) is 2.35. The van der Waals surface area contributed by atoms with Crippen LogP contribution >= 0.6 is 23.2 Å². The molecular weight excluding hydrogens is 401 g/mol. The highest BCUT2D eigenvalue weighted by molar-refractivity contribution is 6.42. The van der Waals surface area contributed by atoms with Crippen LogP contribution in [0.25, 0.3) is 0 Å². The zero-order chi connectivity index (χ0) is 19.9. The summed E-state index contributed by atoms with van der Waals surface area (Å²) in [6, 6.07) is 8.66. The van der Waals surface area contributed by atoms with E-state index in [1.54, 1.807) is 30.5 Å². The molecule has 0 bridgehead atoms. The smallest absolute Gasteiger partial charge is 0.252 e. The van der Waals surface area contributed by atoms with E-state index in [0.29, 0.717) is 27.9 Å². The largest absolute Gasteiger partial charge is 0.490 e. The van der Waals surface area contributed by atoms with Gasteiger partial charge in [0.15, 0.2) is 0 Å². The molecule has 1 aromatic heterocycles. The summed E-state index contributed by atoms with van der Waals surface area (Å²) >= 11 is 11.9. The van der Waals surface area contributed by atoms with E-state index in [1.165, 1.54) is 6.20 Å². The second kappa shape index (κ2) is 10.1. The first-order chi connectivity index (χ1) is 13.5. The first kappa shape index (κ1) is 20.9. The van der Waals surface area contributed by atoms with Crippen molar-refractivity contribution in [2.75, 3.05) is 26.2 Å². The van der Waals surface area contributed by atoms with E-state index in [4.69, 9.17) is 27.9 Å². The molecule has 2 heterocycles. The Morgan fingerprint density at radius 2 is 2.07 bits per heavy atom. The number of carbonyl (C=O) groups is 1. The van der Waals surface area contributed by atoms with E-state index in [0.717, 1.165) is 25.9 Å². The van der Waals surface area contributed by atoms with Crippen LogP contribution in [0.2, 0.25) is 10.0 Å². The van der Waals surface area contributed by atoms with Gasteiger partial charge in [-0.25, -0.2) is 0 Å². The zero-order valence-electron chi connectivity index (χ0n) is 15.4. The van der Waals surface area contributed by atoms with Crippen LogP contribution in [-0.2, 0) is 0 Å². The second-order valence-electron chi connectivity index (χ2n) is 6.80. The molecule has 0 spiro atoms. The highest BCUT2D eigenvalue weighted by Gasteiger charge is 2.22. The summed E-state index contributed by atoms with van der Waals surface area (Å²) in [5, 5.41) is 13.9. The number of nitrogens with zero attached hydrogens (tertiary/aromatic N) is 2. The van der Waals surface area contributed by atoms with Gasteiger partial charge in [0.2, 0.25) is 0 Å². The number of rotatable bonds is 7. The number of β-amino-alcohol motifs (C(OH)–C–C–N with tert-alkyl or cyclic N) is 1. The highest BCUT2D eigenvalue weighted by atomic mass is 35.5. The van der Waals surface area contributed by atoms with Crippen molar-refractivity contribution in [3.63, 3.8) is 0 Å². The van der Waals surface area contributed by atoms with E-state index >= 15 is 0 Å². The Balaban J connectivity index is 1.37. The topological polar surface area (TPSA) is 74.7 Å². The van der Waals surface area contributed by atoms with Gasteiger partial charge < -0.3 is 20.1 Å². The fourth-order valence-electron chi connectivity index (χ4n) is 3.12. The number of amides is 1. The van der Waals surface area contributed by atoms with Crippen molar-refractivity contribution in [2.45, 2.75) is 25.0 Å². The molecule has 1 aliphatic rings. The lowest BCUT2D eigenvalue weighted by Gasteiger charge is -2.33. The number of nitrogens with one attached hydrogen (secondary N) is 1. The van der Waals surface area contributed by atoms with E-state index in [-0.39, 0.29) is 18.6 Å². The molecule has 0 radical (unpaired) electrons. The lowest BCUT2D eigenvalue weighted by Crippen LogP contribution is -2.45. The number of carbonyl (C=O) groups excluding carboxylic acids is 1. The van der Waals surface area contributed by atoms with Crippen molar-refractivity contribution in [3.05, 3.63) is 58.3 Å². The van der Waals surface area contributed by atoms with Gasteiger partial charge >= 0.3 is 0 Å². The Hall–Kier alpha value is -1.86. The molecule has 0 aliphatic carbocycles. The number of hydrogen-bond donors (Lipinski definition) is 2. The average Bonchev–Trinajstić information content (AvgIpc) is 2.71. The number of benzene rings is 1. The van der Waals surface area contributed by atoms with Crippen LogP contribution in [0.15, 0.2) is 42.7 Å². The van der Waals surface area contributed by atoms with Gasteiger partial charge in [0.05, 0.1) is 21.7 Å². The fourth-order valence-corrected chi connectivity index (χ4v) is 3.41. The average molecular weight is 424 g/mol. The van der Waals surface area contributed by atoms with Crippen LogP contribution in [0.5, 0.6) is 5.75 Å². The minimum atomic E-state index is -0.631. The Labute approximate surface area is 174 Å². The van der Waals surface area contributed by atoms with Crippen molar-refractivity contribution >= 4 is 29.1 Å². The summed E-state index contributed by atoms with van der Waals surface area (Å²) in [7, 11) is 0. The third-order valence-corrected chi connectivity index (χ3v) is 5.36. The van der Waals surface area contributed by atoms with E-state index in [2.05, 4.69) is 15.2 Å². The number of aliphatic hydroxyl groups is 1. The molecule has 3 rings (SSSR count). The maximum Gasteiger partial charge on any atom is 0.252 e. The third-order valence-electron chi connectivity index (χ3n) is 4.62. The summed E-state index contributed by atoms with van der Waals surface area (Å²) in [6.07, 6.45) is 4.30. The molecule has 1 atom stereocenters. The standard InChI is InChI=1S/C20H23Cl2N3O3/c21-18-4-3-17(10-19(18)22)28-16-5-8-25(9-6-16)13-15(26)12-24-20(27)14-2-1-7-23-11-14/h1-4,7,10-11,15-16,26H,5-6,8-9,12-13H2,(H,24,27)/t15-/m1/s1. The minimum Gasteiger partial charge on any atom is -0.490 e. The summed E-state index contributed by atoms with van der Waals surface area (Å²) in [5.74, 6) is 0.479. The molecule has 0 unspecified atom stereocenters. The number of ether oxygens (including phenoxy) is 1. The van der Waals surface area contributed by atoms with E-state index in [9.17, 15) is 9.90 Å². The zero-order valence-corrected chi connectivity index (χ0v) is 16.9. The van der Waals surface area contributed by atoms with Crippen LogP contribution in [0.1, 0.15) is 23.2 Å². The van der Waals surface area contributed by atoms with Crippen LogP contribution in [0.4, 0.5) is 0 Å². The Morgan fingerprint density at radius 3 is 2.75 bits per heavy atom. The molecule has 8 heteroatoms. The number of piperidine rings is 1. The third kappa shape index (κ3) is 6.07. The maximum absolute atomic E-state index is 12.0. The van der Waals surface area contributed by atoms with Crippen LogP contribution in [0, 0.1) is 0 Å². The summed E-state index contributed by atoms with van der Waals surface area (Å²) < 4.78 is 5.98. The first-order valence-corrected chi connectivity index (χ1v) is 9.97. The fraction of sp³-hybridized carbons (Fsp3) is 0.400. The van der Waals surface area contributed by atoms with Crippen molar-refractivity contribution in [1.29, 1.82) is 0 Å². The molecule has 1 fully saturated rings. The molecule has 2 N–H and O–H groups in total. The van der Waals surface area contributed by atoms with Gasteiger partial charge in [-0.3, -0.25) is 9.78 Å². The normalized spacial score (nSPS) is 16.5. The lowest BCUT2D eigenvalue weighted by molar-refractivity contribution is 0.0594. The molecule has 1 amide bonds. The van der Waals surface area contributed by atoms with E-state index < -0.39 is 6.10 Å². The van der Waals surface area contributed by atoms with Gasteiger partial charge in [0, 0.05) is 44.6 Å². The quantitative estimate of drug-likeness (QED) is 0.715. The highest BCUT2D eigenvalue weighted by Crippen LogP contribution is 2.28. The van der Waals surface area contributed by atoms with Gasteiger partial charge in [-0.05, 0) is 37.1 Å². The molecule has 150 valence electrons. The van der Waals surface area contributed by atoms with Crippen LogP contribution in [0.3, 0.4) is 0 Å². The number of aromatic nitrogens is 1. The predicted octanol–water partition coefficient (Wildman–Crippen LogP) is 3.02. The predicted molar refractivity (Wildman–Crippen MR) is 109 cm³/mol. The maximum atomic E-state index is 12.0. The monoisotopic (exact) mass is 423 g/mol. The van der Waals surface area contributed by atoms with Gasteiger partial charge in [0.25, 0.3) is 5.91 Å². The van der Waals surface area contributed by atoms with E-state index in [1.807, 2.05) is 6.07 Å². The number of likely N-dealkylation sites (tertiary alicyclic amines) is 1. The number of pyridine rings is 1. The first-order valence-electron chi connectivity index (χ1n) is 9.21. The minimum absolute atomic E-state index is 0.107. The molecule has 0 saturated carbocycles. The van der Waals surface area contributed by atoms with Crippen molar-refractivity contribution in [1.82, 2.24) is 15.2 Å². The molecule has 2 aromatic rings. The Morgan fingerprint density at radius 1 is 1.29 bits per heavy atom. The molecule has 1 aromatic carbocycles. The van der Waals surface area contributed by atoms with Crippen molar-refractivity contribution in [2.24, 2.45) is 0 Å². The van der Waals surface area contributed by atoms with Gasteiger partial charge in [-0.15, -0.1) is 0 Å². The van der Waals surface area contributed by atoms with Gasteiger partial charge in [-0.1, -0.05) is 23.2 Å². The van der Waals surface area contributed by atoms with Gasteiger partial charge in [0.1, 0.15) is 11.9 Å². The molecule has 1 saturated heterocycles. The molecule has 1 aliphatic heterocycles. The molecular formula is C20H23Cl2N3O3. The number of aliphatic hydroxyl groups excluding tert-OH is 1. The summed E-state index contributed by atoms with van der Waals surface area (Å²) in [5.41, 5.74) is 0.481. The molecule has 6 nitrogen and oxygen atoms in total. The van der Waals surface area contributed by atoms with Crippen LogP contribution in [-0.4, -0.2) is 59.3 Å². The number of hydrogen-bond acceptors (Lipinski definition) is 5. The van der Waals surface area contributed by atoms with Crippen molar-refractivity contribution < 1.29 is 14.6 Å².